The maximum atomic E-state index is 13.3. The van der Waals surface area contributed by atoms with Gasteiger partial charge in [-0.25, -0.2) is 14.2 Å². The van der Waals surface area contributed by atoms with Crippen molar-refractivity contribution in [2.24, 2.45) is 0 Å². The SMILES string of the molecule is Cc1nc(C)n(-c2ccc(F)cc2)c1C(=O)N[C@@H](C)c1ccc(C(=O)O)cc1. The second-order valence-electron chi connectivity index (χ2n) is 6.53. The fourth-order valence-corrected chi connectivity index (χ4v) is 3.10. The molecule has 2 N–H and O–H groups in total. The van der Waals surface area contributed by atoms with E-state index in [4.69, 9.17) is 5.11 Å². The van der Waals surface area contributed by atoms with E-state index in [9.17, 15) is 14.0 Å². The first-order valence-corrected chi connectivity index (χ1v) is 8.74. The molecular weight excluding hydrogens is 361 g/mol. The zero-order valence-electron chi connectivity index (χ0n) is 15.7. The first-order valence-electron chi connectivity index (χ1n) is 8.74. The van der Waals surface area contributed by atoms with Crippen LogP contribution in [-0.2, 0) is 0 Å². The first-order chi connectivity index (χ1) is 13.3. The number of carbonyl (C=O) groups is 2. The normalized spacial score (nSPS) is 11.9. The summed E-state index contributed by atoms with van der Waals surface area (Å²) in [7, 11) is 0. The standard InChI is InChI=1S/C21H20FN3O3/c1-12(15-4-6-16(7-5-15)21(27)28)24-20(26)19-13(2)23-14(3)25(19)18-10-8-17(22)9-11-18/h4-12H,1-3H3,(H,24,26)(H,27,28)/t12-/m0/s1. The third kappa shape index (κ3) is 3.78. The molecular formula is C21H20FN3O3. The van der Waals surface area contributed by atoms with Gasteiger partial charge in [0.1, 0.15) is 17.3 Å². The summed E-state index contributed by atoms with van der Waals surface area (Å²) in [6.07, 6.45) is 0. The second kappa shape index (κ2) is 7.64. The molecule has 0 aliphatic carbocycles. The van der Waals surface area contributed by atoms with Gasteiger partial charge in [-0.2, -0.15) is 0 Å². The van der Waals surface area contributed by atoms with E-state index in [1.807, 2.05) is 6.92 Å². The Bertz CT molecular complexity index is 1020. The molecule has 0 spiro atoms. The van der Waals surface area contributed by atoms with E-state index in [2.05, 4.69) is 10.3 Å². The summed E-state index contributed by atoms with van der Waals surface area (Å²) in [5.41, 5.74) is 2.54. The maximum Gasteiger partial charge on any atom is 0.335 e. The monoisotopic (exact) mass is 381 g/mol. The second-order valence-corrected chi connectivity index (χ2v) is 6.53. The highest BCUT2D eigenvalue weighted by molar-refractivity contribution is 5.94. The van der Waals surface area contributed by atoms with Gasteiger partial charge in [-0.3, -0.25) is 9.36 Å². The highest BCUT2D eigenvalue weighted by Gasteiger charge is 2.22. The van der Waals surface area contributed by atoms with Crippen molar-refractivity contribution in [1.29, 1.82) is 0 Å². The van der Waals surface area contributed by atoms with Gasteiger partial charge in [-0.1, -0.05) is 12.1 Å². The average Bonchev–Trinajstić information content (AvgIpc) is 2.96. The van der Waals surface area contributed by atoms with Gasteiger partial charge < -0.3 is 10.4 Å². The van der Waals surface area contributed by atoms with Gasteiger partial charge in [0, 0.05) is 5.69 Å². The van der Waals surface area contributed by atoms with Gasteiger partial charge in [-0.15, -0.1) is 0 Å². The van der Waals surface area contributed by atoms with Crippen molar-refractivity contribution in [2.75, 3.05) is 0 Å². The van der Waals surface area contributed by atoms with Gasteiger partial charge >= 0.3 is 5.97 Å². The summed E-state index contributed by atoms with van der Waals surface area (Å²) in [6, 6.07) is 11.8. The molecule has 1 atom stereocenters. The maximum absolute atomic E-state index is 13.3. The molecule has 0 saturated heterocycles. The molecule has 0 radical (unpaired) electrons. The van der Waals surface area contributed by atoms with Crippen LogP contribution in [0.5, 0.6) is 0 Å². The molecule has 0 bridgehead atoms. The molecule has 3 aromatic rings. The number of aromatic nitrogens is 2. The molecule has 144 valence electrons. The molecule has 2 aromatic carbocycles. The molecule has 0 saturated carbocycles. The summed E-state index contributed by atoms with van der Waals surface area (Å²) in [5.74, 6) is -1.06. The van der Waals surface area contributed by atoms with Crippen LogP contribution in [0.15, 0.2) is 48.5 Å². The number of halogens is 1. The minimum Gasteiger partial charge on any atom is -0.478 e. The van der Waals surface area contributed by atoms with Crippen LogP contribution in [0.2, 0.25) is 0 Å². The molecule has 1 heterocycles. The summed E-state index contributed by atoms with van der Waals surface area (Å²) in [4.78, 5) is 28.3. The topological polar surface area (TPSA) is 84.2 Å². The van der Waals surface area contributed by atoms with E-state index in [0.717, 1.165) is 5.56 Å². The summed E-state index contributed by atoms with van der Waals surface area (Å²) in [6.45, 7) is 5.34. The summed E-state index contributed by atoms with van der Waals surface area (Å²) in [5, 5.41) is 11.9. The lowest BCUT2D eigenvalue weighted by Gasteiger charge is -2.16. The molecule has 0 aliphatic heterocycles. The van der Waals surface area contributed by atoms with Crippen LogP contribution in [0.3, 0.4) is 0 Å². The minimum absolute atomic E-state index is 0.183. The van der Waals surface area contributed by atoms with Crippen LogP contribution in [0.4, 0.5) is 4.39 Å². The third-order valence-corrected chi connectivity index (χ3v) is 4.52. The number of benzene rings is 2. The van der Waals surface area contributed by atoms with Crippen molar-refractivity contribution in [3.63, 3.8) is 0 Å². The number of imidazole rings is 1. The van der Waals surface area contributed by atoms with Crippen LogP contribution in [0.1, 0.15) is 50.9 Å². The predicted molar refractivity (Wildman–Crippen MR) is 102 cm³/mol. The Balaban J connectivity index is 1.88. The smallest absolute Gasteiger partial charge is 0.335 e. The number of amides is 1. The summed E-state index contributed by atoms with van der Waals surface area (Å²) >= 11 is 0. The number of aromatic carboxylic acids is 1. The van der Waals surface area contributed by atoms with E-state index in [-0.39, 0.29) is 23.3 Å². The van der Waals surface area contributed by atoms with Gasteiger partial charge in [0.05, 0.1) is 17.3 Å². The van der Waals surface area contributed by atoms with Crippen molar-refractivity contribution in [3.05, 3.63) is 82.7 Å². The van der Waals surface area contributed by atoms with Crippen molar-refractivity contribution < 1.29 is 19.1 Å². The molecule has 28 heavy (non-hydrogen) atoms. The number of carboxylic acids is 1. The van der Waals surface area contributed by atoms with Crippen molar-refractivity contribution in [2.45, 2.75) is 26.8 Å². The van der Waals surface area contributed by atoms with Crippen molar-refractivity contribution in [1.82, 2.24) is 14.9 Å². The van der Waals surface area contributed by atoms with Gasteiger partial charge in [0.25, 0.3) is 5.91 Å². The number of carboxylic acid groups (broad SMARTS) is 1. The van der Waals surface area contributed by atoms with Crippen LogP contribution >= 0.6 is 0 Å². The quantitative estimate of drug-likeness (QED) is 0.704. The zero-order valence-corrected chi connectivity index (χ0v) is 15.7. The zero-order chi connectivity index (χ0) is 20.4. The van der Waals surface area contributed by atoms with Gasteiger partial charge in [0.2, 0.25) is 0 Å². The molecule has 0 fully saturated rings. The Hall–Kier alpha value is -3.48. The van der Waals surface area contributed by atoms with Gasteiger partial charge in [0.15, 0.2) is 0 Å². The third-order valence-electron chi connectivity index (χ3n) is 4.52. The molecule has 0 aliphatic rings. The molecule has 3 rings (SSSR count). The largest absolute Gasteiger partial charge is 0.478 e. The van der Waals surface area contributed by atoms with Crippen LogP contribution in [0, 0.1) is 19.7 Å². The Morgan fingerprint density at radius 1 is 1.07 bits per heavy atom. The highest BCUT2D eigenvalue weighted by Crippen LogP contribution is 2.20. The molecule has 7 heteroatoms. The van der Waals surface area contributed by atoms with Crippen molar-refractivity contribution >= 4 is 11.9 Å². The van der Waals surface area contributed by atoms with E-state index < -0.39 is 5.97 Å². The predicted octanol–water partition coefficient (Wildman–Crippen LogP) is 3.82. The lowest BCUT2D eigenvalue weighted by atomic mass is 10.1. The fraction of sp³-hybridized carbons (Fsp3) is 0.190. The van der Waals surface area contributed by atoms with Crippen LogP contribution in [-0.4, -0.2) is 26.5 Å². The van der Waals surface area contributed by atoms with Gasteiger partial charge in [-0.05, 0) is 62.7 Å². The van der Waals surface area contributed by atoms with Crippen molar-refractivity contribution in [3.8, 4) is 5.69 Å². The number of nitrogens with one attached hydrogen (secondary N) is 1. The molecule has 6 nitrogen and oxygen atoms in total. The Labute approximate surface area is 161 Å². The number of aryl methyl sites for hydroxylation is 2. The van der Waals surface area contributed by atoms with E-state index in [1.165, 1.54) is 24.3 Å². The fourth-order valence-electron chi connectivity index (χ4n) is 3.10. The molecule has 1 aromatic heterocycles. The number of nitrogens with zero attached hydrogens (tertiary/aromatic N) is 2. The number of rotatable bonds is 5. The highest BCUT2D eigenvalue weighted by atomic mass is 19.1. The average molecular weight is 381 g/mol. The van der Waals surface area contributed by atoms with Crippen LogP contribution < -0.4 is 5.32 Å². The Kier molecular flexibility index (Phi) is 5.26. The van der Waals surface area contributed by atoms with E-state index in [1.54, 1.807) is 42.7 Å². The Morgan fingerprint density at radius 3 is 2.25 bits per heavy atom. The van der Waals surface area contributed by atoms with E-state index in [0.29, 0.717) is 22.9 Å². The number of hydrogen-bond acceptors (Lipinski definition) is 3. The molecule has 1 amide bonds. The number of hydrogen-bond donors (Lipinski definition) is 2. The Morgan fingerprint density at radius 2 is 1.68 bits per heavy atom. The first kappa shape index (κ1) is 19.3. The summed E-state index contributed by atoms with van der Waals surface area (Å²) < 4.78 is 14.9. The molecule has 0 unspecified atom stereocenters. The lowest BCUT2D eigenvalue weighted by molar-refractivity contribution is 0.0696. The lowest BCUT2D eigenvalue weighted by Crippen LogP contribution is -2.29. The minimum atomic E-state index is -1.00. The van der Waals surface area contributed by atoms with E-state index >= 15 is 0 Å². The number of carbonyl (C=O) groups excluding carboxylic acids is 1. The van der Waals surface area contributed by atoms with Crippen LogP contribution in [0.25, 0.3) is 5.69 Å².